The molecule has 0 N–H and O–H groups in total. The topological polar surface area (TPSA) is 26.3 Å². The first-order valence-electron chi connectivity index (χ1n) is 4.06. The van der Waals surface area contributed by atoms with Crippen LogP contribution >= 0.6 is 0 Å². The molecule has 0 aliphatic rings. The van der Waals surface area contributed by atoms with Gasteiger partial charge in [-0.1, -0.05) is 31.5 Å². The van der Waals surface area contributed by atoms with Crippen LogP contribution in [0.1, 0.15) is 18.9 Å². The van der Waals surface area contributed by atoms with Crippen LogP contribution in [0.3, 0.4) is 0 Å². The van der Waals surface area contributed by atoms with Crippen LogP contribution < -0.4 is 4.74 Å². The normalized spacial score (nSPS) is 9.42. The van der Waals surface area contributed by atoms with Crippen LogP contribution in [-0.4, -0.2) is 6.47 Å². The van der Waals surface area contributed by atoms with Crippen LogP contribution in [0.25, 0.3) is 0 Å². The molecule has 1 aromatic rings. The molecule has 0 heterocycles. The van der Waals surface area contributed by atoms with E-state index in [0.29, 0.717) is 12.2 Å². The van der Waals surface area contributed by atoms with Crippen molar-refractivity contribution in [2.24, 2.45) is 0 Å². The van der Waals surface area contributed by atoms with Crippen molar-refractivity contribution in [2.45, 2.75) is 19.8 Å². The largest absolute Gasteiger partial charge is 0.428 e. The Morgan fingerprint density at radius 1 is 1.42 bits per heavy atom. The summed E-state index contributed by atoms with van der Waals surface area (Å²) in [6.07, 6.45) is 2.00. The summed E-state index contributed by atoms with van der Waals surface area (Å²) in [4.78, 5) is 10.1. The zero-order valence-corrected chi connectivity index (χ0v) is 7.12. The standard InChI is InChI=1S/C10H12O2/c1-2-5-9-6-3-4-7-10(9)12-8-11/h3-4,6-8H,2,5H2,1H3. The van der Waals surface area contributed by atoms with E-state index >= 15 is 0 Å². The summed E-state index contributed by atoms with van der Waals surface area (Å²) in [6, 6.07) is 7.59. The van der Waals surface area contributed by atoms with E-state index in [1.807, 2.05) is 18.2 Å². The van der Waals surface area contributed by atoms with Crippen molar-refractivity contribution in [3.63, 3.8) is 0 Å². The number of rotatable bonds is 4. The lowest BCUT2D eigenvalue weighted by atomic mass is 10.1. The van der Waals surface area contributed by atoms with E-state index in [-0.39, 0.29) is 0 Å². The Bertz CT molecular complexity index is 256. The lowest BCUT2D eigenvalue weighted by molar-refractivity contribution is -0.120. The van der Waals surface area contributed by atoms with Gasteiger partial charge in [-0.15, -0.1) is 0 Å². The molecular formula is C10H12O2. The van der Waals surface area contributed by atoms with Crippen molar-refractivity contribution < 1.29 is 9.53 Å². The second-order valence-corrected chi connectivity index (χ2v) is 2.57. The summed E-state index contributed by atoms with van der Waals surface area (Å²) in [6.45, 7) is 2.56. The zero-order valence-electron chi connectivity index (χ0n) is 7.12. The molecule has 2 heteroatoms. The highest BCUT2D eigenvalue weighted by molar-refractivity contribution is 5.47. The van der Waals surface area contributed by atoms with Gasteiger partial charge in [0.1, 0.15) is 5.75 Å². The third-order valence-corrected chi connectivity index (χ3v) is 1.67. The Labute approximate surface area is 72.2 Å². The van der Waals surface area contributed by atoms with Crippen LogP contribution in [0.4, 0.5) is 0 Å². The fourth-order valence-corrected chi connectivity index (χ4v) is 1.15. The smallest absolute Gasteiger partial charge is 0.298 e. The number of ether oxygens (including phenoxy) is 1. The molecule has 0 radical (unpaired) electrons. The van der Waals surface area contributed by atoms with Gasteiger partial charge in [-0.3, -0.25) is 4.79 Å². The number of carbonyl (C=O) groups excluding carboxylic acids is 1. The summed E-state index contributed by atoms with van der Waals surface area (Å²) >= 11 is 0. The lowest BCUT2D eigenvalue weighted by Crippen LogP contribution is -1.93. The van der Waals surface area contributed by atoms with Gasteiger partial charge in [0.2, 0.25) is 0 Å². The summed E-state index contributed by atoms with van der Waals surface area (Å²) in [7, 11) is 0. The number of aryl methyl sites for hydroxylation is 1. The molecule has 0 amide bonds. The maximum atomic E-state index is 10.1. The molecule has 0 fully saturated rings. The maximum Gasteiger partial charge on any atom is 0.298 e. The molecule has 1 rings (SSSR count). The van der Waals surface area contributed by atoms with E-state index in [1.165, 1.54) is 0 Å². The van der Waals surface area contributed by atoms with Crippen LogP contribution in [-0.2, 0) is 11.2 Å². The van der Waals surface area contributed by atoms with Crippen molar-refractivity contribution in [1.29, 1.82) is 0 Å². The molecule has 2 nitrogen and oxygen atoms in total. The highest BCUT2D eigenvalue weighted by atomic mass is 16.5. The Hall–Kier alpha value is -1.31. The Morgan fingerprint density at radius 3 is 2.83 bits per heavy atom. The number of benzene rings is 1. The molecule has 0 aromatic heterocycles. The summed E-state index contributed by atoms with van der Waals surface area (Å²) in [5.41, 5.74) is 1.09. The van der Waals surface area contributed by atoms with Crippen molar-refractivity contribution in [2.75, 3.05) is 0 Å². The fraction of sp³-hybridized carbons (Fsp3) is 0.300. The summed E-state index contributed by atoms with van der Waals surface area (Å²) in [5, 5.41) is 0. The lowest BCUT2D eigenvalue weighted by Gasteiger charge is -2.04. The molecule has 12 heavy (non-hydrogen) atoms. The maximum absolute atomic E-state index is 10.1. The molecule has 0 aliphatic heterocycles. The second-order valence-electron chi connectivity index (χ2n) is 2.57. The van der Waals surface area contributed by atoms with Gasteiger partial charge in [0, 0.05) is 0 Å². The highest BCUT2D eigenvalue weighted by Gasteiger charge is 1.99. The van der Waals surface area contributed by atoms with Crippen LogP contribution in [0, 0.1) is 0 Å². The van der Waals surface area contributed by atoms with Crippen molar-refractivity contribution in [1.82, 2.24) is 0 Å². The Kier molecular flexibility index (Phi) is 3.33. The third-order valence-electron chi connectivity index (χ3n) is 1.67. The molecule has 0 saturated heterocycles. The number of para-hydroxylation sites is 1. The first-order valence-corrected chi connectivity index (χ1v) is 4.06. The van der Waals surface area contributed by atoms with Gasteiger partial charge in [0.15, 0.2) is 0 Å². The first kappa shape index (κ1) is 8.78. The van der Waals surface area contributed by atoms with E-state index in [2.05, 4.69) is 6.92 Å². The summed E-state index contributed by atoms with van der Waals surface area (Å²) in [5.74, 6) is 0.675. The van der Waals surface area contributed by atoms with Gasteiger partial charge in [0.05, 0.1) is 0 Å². The Morgan fingerprint density at radius 2 is 2.17 bits per heavy atom. The van der Waals surface area contributed by atoms with Crippen molar-refractivity contribution >= 4 is 6.47 Å². The molecule has 64 valence electrons. The van der Waals surface area contributed by atoms with E-state index in [0.717, 1.165) is 18.4 Å². The van der Waals surface area contributed by atoms with E-state index in [9.17, 15) is 4.79 Å². The van der Waals surface area contributed by atoms with E-state index in [1.54, 1.807) is 6.07 Å². The molecule has 0 saturated carbocycles. The second kappa shape index (κ2) is 4.54. The molecular weight excluding hydrogens is 152 g/mol. The quantitative estimate of drug-likeness (QED) is 0.637. The molecule has 0 atom stereocenters. The molecule has 0 unspecified atom stereocenters. The number of carbonyl (C=O) groups is 1. The average Bonchev–Trinajstić information content (AvgIpc) is 2.09. The Balaban J connectivity index is 2.83. The summed E-state index contributed by atoms with van der Waals surface area (Å²) < 4.78 is 4.81. The zero-order chi connectivity index (χ0) is 8.81. The van der Waals surface area contributed by atoms with Crippen LogP contribution in [0.5, 0.6) is 5.75 Å². The minimum absolute atomic E-state index is 0.467. The molecule has 0 spiro atoms. The van der Waals surface area contributed by atoms with Crippen LogP contribution in [0.2, 0.25) is 0 Å². The van der Waals surface area contributed by atoms with Gasteiger partial charge in [-0.25, -0.2) is 0 Å². The minimum Gasteiger partial charge on any atom is -0.428 e. The SMILES string of the molecule is CCCc1ccccc1OC=O. The molecule has 0 bridgehead atoms. The monoisotopic (exact) mass is 164 g/mol. The van der Waals surface area contributed by atoms with Crippen molar-refractivity contribution in [3.8, 4) is 5.75 Å². The van der Waals surface area contributed by atoms with E-state index in [4.69, 9.17) is 4.74 Å². The van der Waals surface area contributed by atoms with Gasteiger partial charge in [0.25, 0.3) is 6.47 Å². The third kappa shape index (κ3) is 2.09. The van der Waals surface area contributed by atoms with Gasteiger partial charge in [-0.05, 0) is 18.1 Å². The number of hydrogen-bond donors (Lipinski definition) is 0. The first-order chi connectivity index (χ1) is 5.88. The van der Waals surface area contributed by atoms with Crippen molar-refractivity contribution in [3.05, 3.63) is 29.8 Å². The molecule has 0 aliphatic carbocycles. The van der Waals surface area contributed by atoms with Gasteiger partial charge >= 0.3 is 0 Å². The molecule has 1 aromatic carbocycles. The predicted octanol–water partition coefficient (Wildman–Crippen LogP) is 2.17. The van der Waals surface area contributed by atoms with Gasteiger partial charge in [-0.2, -0.15) is 0 Å². The predicted molar refractivity (Wildman–Crippen MR) is 47.1 cm³/mol. The average molecular weight is 164 g/mol. The minimum atomic E-state index is 0.467. The van der Waals surface area contributed by atoms with Gasteiger partial charge < -0.3 is 4.74 Å². The van der Waals surface area contributed by atoms with E-state index < -0.39 is 0 Å². The fourth-order valence-electron chi connectivity index (χ4n) is 1.15. The van der Waals surface area contributed by atoms with Crippen LogP contribution in [0.15, 0.2) is 24.3 Å². The highest BCUT2D eigenvalue weighted by Crippen LogP contribution is 2.18. The number of hydrogen-bond acceptors (Lipinski definition) is 2.